The molecule has 1 aromatic rings. The molecule has 38 heavy (non-hydrogen) atoms. The molecular weight excluding hydrogens is 474 g/mol. The van der Waals surface area contributed by atoms with Crippen LogP contribution in [-0.2, 0) is 14.3 Å². The van der Waals surface area contributed by atoms with Gasteiger partial charge in [-0.05, 0) is 90.2 Å². The molecule has 1 aromatic carbocycles. The standard InChI is InChI=1S/C33H41NO4/c1-21-17-27-29-13-15-33(14-6-16-35,30(37)20-38-5)32(29,2)19-28(22-7-9-23(10-8-22)34(3)4)31(27)25-12-11-24(36)18-26(21)25/h7-10,18,21,27-29,35H,11-13,15-17,19-20H2,1-5H3/t21?,27-,28+,29-,32-,33+/m0/s1. The van der Waals surface area contributed by atoms with Crippen LogP contribution in [0.1, 0.15) is 63.9 Å². The molecule has 0 bridgehead atoms. The van der Waals surface area contributed by atoms with E-state index in [1.165, 1.54) is 22.3 Å². The van der Waals surface area contributed by atoms with Crippen molar-refractivity contribution in [1.82, 2.24) is 0 Å². The number of rotatable bonds is 5. The maximum atomic E-state index is 13.8. The summed E-state index contributed by atoms with van der Waals surface area (Å²) in [6.45, 7) is 4.33. The topological polar surface area (TPSA) is 66.8 Å². The van der Waals surface area contributed by atoms with Crippen molar-refractivity contribution in [2.45, 2.75) is 58.3 Å². The van der Waals surface area contributed by atoms with E-state index < -0.39 is 5.41 Å². The number of Topliss-reactive ketones (excluding diaryl/α,β-unsaturated/α-hetero) is 1. The maximum Gasteiger partial charge on any atom is 0.176 e. The van der Waals surface area contributed by atoms with Crippen LogP contribution < -0.4 is 4.90 Å². The Morgan fingerprint density at radius 3 is 2.61 bits per heavy atom. The summed E-state index contributed by atoms with van der Waals surface area (Å²) in [5.41, 5.74) is 5.38. The number of allylic oxidation sites excluding steroid dienone is 4. The molecule has 2 fully saturated rings. The number of hydrogen-bond acceptors (Lipinski definition) is 5. The molecule has 0 heterocycles. The first-order chi connectivity index (χ1) is 18.2. The van der Waals surface area contributed by atoms with E-state index in [2.05, 4.69) is 68.9 Å². The van der Waals surface area contributed by atoms with Crippen molar-refractivity contribution >= 4 is 17.3 Å². The summed E-state index contributed by atoms with van der Waals surface area (Å²) in [7, 11) is 5.67. The van der Waals surface area contributed by atoms with Crippen molar-refractivity contribution in [2.75, 3.05) is 39.3 Å². The van der Waals surface area contributed by atoms with Gasteiger partial charge in [0.05, 0.1) is 5.41 Å². The van der Waals surface area contributed by atoms with Gasteiger partial charge in [0.2, 0.25) is 0 Å². The number of methoxy groups -OCH3 is 1. The van der Waals surface area contributed by atoms with E-state index >= 15 is 0 Å². The number of ether oxygens (including phenoxy) is 1. The lowest BCUT2D eigenvalue weighted by Gasteiger charge is -2.55. The third-order valence-corrected chi connectivity index (χ3v) is 10.2. The lowest BCUT2D eigenvalue weighted by Crippen LogP contribution is -2.52. The van der Waals surface area contributed by atoms with Crippen LogP contribution >= 0.6 is 0 Å². The molecule has 0 spiro atoms. The van der Waals surface area contributed by atoms with Crippen molar-refractivity contribution in [3.05, 3.63) is 52.6 Å². The quantitative estimate of drug-likeness (QED) is 0.553. The van der Waals surface area contributed by atoms with Crippen LogP contribution in [-0.4, -0.2) is 51.1 Å². The number of benzene rings is 1. The van der Waals surface area contributed by atoms with Gasteiger partial charge in [-0.15, -0.1) is 0 Å². The lowest BCUT2D eigenvalue weighted by atomic mass is 9.47. The van der Waals surface area contributed by atoms with Gasteiger partial charge in [0.25, 0.3) is 0 Å². The second kappa shape index (κ2) is 10.1. The summed E-state index contributed by atoms with van der Waals surface area (Å²) in [5, 5.41) is 9.65. The molecule has 0 saturated heterocycles. The van der Waals surface area contributed by atoms with Crippen LogP contribution in [0.3, 0.4) is 0 Å². The fourth-order valence-corrected chi connectivity index (χ4v) is 8.46. The van der Waals surface area contributed by atoms with Crippen molar-refractivity contribution in [2.24, 2.45) is 28.6 Å². The van der Waals surface area contributed by atoms with Gasteiger partial charge in [0, 0.05) is 39.2 Å². The number of hydrogen-bond donors (Lipinski definition) is 1. The molecule has 1 N–H and O–H groups in total. The van der Waals surface area contributed by atoms with E-state index in [9.17, 15) is 14.7 Å². The van der Waals surface area contributed by atoms with E-state index in [0.29, 0.717) is 30.6 Å². The van der Waals surface area contributed by atoms with Crippen LogP contribution in [0.2, 0.25) is 0 Å². The zero-order chi connectivity index (χ0) is 27.2. The van der Waals surface area contributed by atoms with Crippen LogP contribution in [0.5, 0.6) is 0 Å². The molecule has 5 rings (SSSR count). The number of carbonyl (C=O) groups excluding carboxylic acids is 2. The molecule has 5 nitrogen and oxygen atoms in total. The van der Waals surface area contributed by atoms with Gasteiger partial charge in [0.15, 0.2) is 11.6 Å². The first kappa shape index (κ1) is 26.9. The molecule has 1 unspecified atom stereocenters. The molecule has 0 amide bonds. The number of carbonyl (C=O) groups is 2. The monoisotopic (exact) mass is 515 g/mol. The Bertz CT molecular complexity index is 1250. The molecular formula is C33H41NO4. The Morgan fingerprint density at radius 1 is 1.21 bits per heavy atom. The number of aliphatic hydroxyl groups excluding tert-OH is 1. The number of aliphatic hydroxyl groups is 1. The Balaban J connectivity index is 1.71. The Morgan fingerprint density at radius 2 is 1.95 bits per heavy atom. The first-order valence-corrected chi connectivity index (χ1v) is 14.0. The Kier molecular flexibility index (Phi) is 7.18. The summed E-state index contributed by atoms with van der Waals surface area (Å²) < 4.78 is 5.36. The van der Waals surface area contributed by atoms with Crippen LogP contribution in [0.15, 0.2) is 47.1 Å². The SMILES string of the molecule is COCC(=O)[C@@]1(C#CCO)CC[C@H]2[C@@H]3CC(C)C4=CC(=O)CCC4=C3[C@@H](c3ccc(N(C)C)cc3)C[C@@]21C. The highest BCUT2D eigenvalue weighted by molar-refractivity contribution is 5.93. The minimum Gasteiger partial charge on any atom is -0.384 e. The second-order valence-corrected chi connectivity index (χ2v) is 12.3. The first-order valence-electron chi connectivity index (χ1n) is 14.0. The van der Waals surface area contributed by atoms with Crippen LogP contribution in [0, 0.1) is 40.4 Å². The molecule has 202 valence electrons. The summed E-state index contributed by atoms with van der Waals surface area (Å²) in [6.07, 6.45) is 6.75. The van der Waals surface area contributed by atoms with E-state index in [1.807, 2.05) is 6.08 Å². The number of anilines is 1. The highest BCUT2D eigenvalue weighted by Gasteiger charge is 2.65. The van der Waals surface area contributed by atoms with Gasteiger partial charge in [-0.1, -0.05) is 43.4 Å². The smallest absolute Gasteiger partial charge is 0.176 e. The molecule has 4 aliphatic rings. The Hall–Kier alpha value is -2.68. The van der Waals surface area contributed by atoms with Crippen molar-refractivity contribution < 1.29 is 19.4 Å². The van der Waals surface area contributed by atoms with Gasteiger partial charge in [0.1, 0.15) is 13.2 Å². The third-order valence-electron chi connectivity index (χ3n) is 10.2. The largest absolute Gasteiger partial charge is 0.384 e. The second-order valence-electron chi connectivity index (χ2n) is 12.3. The summed E-state index contributed by atoms with van der Waals surface area (Å²) >= 11 is 0. The van der Waals surface area contributed by atoms with Crippen molar-refractivity contribution in [1.29, 1.82) is 0 Å². The molecule has 0 aromatic heterocycles. The summed E-state index contributed by atoms with van der Waals surface area (Å²) in [5.74, 6) is 7.63. The minimum absolute atomic E-state index is 0.0363. The van der Waals surface area contributed by atoms with Gasteiger partial charge < -0.3 is 14.7 Å². The van der Waals surface area contributed by atoms with Gasteiger partial charge in [-0.3, -0.25) is 9.59 Å². The van der Waals surface area contributed by atoms with E-state index in [1.54, 1.807) is 7.11 Å². The minimum atomic E-state index is -0.837. The summed E-state index contributed by atoms with van der Waals surface area (Å²) in [6, 6.07) is 8.85. The fraction of sp³-hybridized carbons (Fsp3) is 0.576. The predicted molar refractivity (Wildman–Crippen MR) is 150 cm³/mol. The molecule has 4 aliphatic carbocycles. The third kappa shape index (κ3) is 4.08. The lowest BCUT2D eigenvalue weighted by molar-refractivity contribution is -0.136. The average Bonchev–Trinajstić information content (AvgIpc) is 3.20. The maximum absolute atomic E-state index is 13.8. The molecule has 2 saturated carbocycles. The highest BCUT2D eigenvalue weighted by Crippen LogP contribution is 2.70. The molecule has 0 radical (unpaired) electrons. The van der Waals surface area contributed by atoms with E-state index in [-0.39, 0.29) is 36.1 Å². The van der Waals surface area contributed by atoms with Crippen LogP contribution in [0.4, 0.5) is 5.69 Å². The summed E-state index contributed by atoms with van der Waals surface area (Å²) in [4.78, 5) is 28.4. The van der Waals surface area contributed by atoms with Gasteiger partial charge >= 0.3 is 0 Å². The molecule has 0 aliphatic heterocycles. The zero-order valence-corrected chi connectivity index (χ0v) is 23.5. The highest BCUT2D eigenvalue weighted by atomic mass is 16.5. The van der Waals surface area contributed by atoms with Gasteiger partial charge in [-0.25, -0.2) is 0 Å². The number of nitrogens with zero attached hydrogens (tertiary/aromatic N) is 1. The molecule has 6 atom stereocenters. The van der Waals surface area contributed by atoms with Crippen LogP contribution in [0.25, 0.3) is 0 Å². The number of ketones is 2. The van der Waals surface area contributed by atoms with Crippen molar-refractivity contribution in [3.63, 3.8) is 0 Å². The fourth-order valence-electron chi connectivity index (χ4n) is 8.46. The number of fused-ring (bicyclic) bond motifs is 4. The van der Waals surface area contributed by atoms with Crippen molar-refractivity contribution in [3.8, 4) is 11.8 Å². The zero-order valence-electron chi connectivity index (χ0n) is 23.5. The predicted octanol–water partition coefficient (Wildman–Crippen LogP) is 5.10. The Labute approximate surface area is 227 Å². The van der Waals surface area contributed by atoms with E-state index in [4.69, 9.17) is 4.74 Å². The normalized spacial score (nSPS) is 33.9. The van der Waals surface area contributed by atoms with Gasteiger partial charge in [-0.2, -0.15) is 0 Å². The van der Waals surface area contributed by atoms with E-state index in [0.717, 1.165) is 31.4 Å². The molecule has 5 heteroatoms. The average molecular weight is 516 g/mol.